The van der Waals surface area contributed by atoms with Gasteiger partial charge >= 0.3 is 0 Å². The third-order valence-electron chi connectivity index (χ3n) is 3.40. The third kappa shape index (κ3) is 3.66. The largest absolute Gasteiger partial charge is 0.496 e. The lowest BCUT2D eigenvalue weighted by Crippen LogP contribution is -2.26. The number of rotatable bonds is 5. The normalized spacial score (nSPS) is 10.5. The Hall–Kier alpha value is -2.23. The Kier molecular flexibility index (Phi) is 4.68. The number of ether oxygens (including phenoxy) is 1. The standard InChI is InChI=1S/C17H21NO3/c1-11-5-6-16(20-4)14(9-11)7-8-18-17(19)15-10-12(2)21-13(15)3/h5-6,9-10H,7-8H2,1-4H3,(H,18,19). The molecule has 0 saturated carbocycles. The second-order valence-corrected chi connectivity index (χ2v) is 5.15. The van der Waals surface area contributed by atoms with Crippen molar-refractivity contribution in [2.75, 3.05) is 13.7 Å². The van der Waals surface area contributed by atoms with Gasteiger partial charge in [0.05, 0.1) is 12.7 Å². The van der Waals surface area contributed by atoms with Crippen LogP contribution in [0.5, 0.6) is 5.75 Å². The summed E-state index contributed by atoms with van der Waals surface area (Å²) >= 11 is 0. The molecule has 112 valence electrons. The van der Waals surface area contributed by atoms with Crippen molar-refractivity contribution >= 4 is 5.91 Å². The van der Waals surface area contributed by atoms with Crippen molar-refractivity contribution in [1.82, 2.24) is 5.32 Å². The zero-order valence-corrected chi connectivity index (χ0v) is 12.9. The summed E-state index contributed by atoms with van der Waals surface area (Å²) in [4.78, 5) is 12.1. The van der Waals surface area contributed by atoms with E-state index >= 15 is 0 Å². The van der Waals surface area contributed by atoms with Gasteiger partial charge in [0.25, 0.3) is 5.91 Å². The van der Waals surface area contributed by atoms with E-state index in [-0.39, 0.29) is 5.91 Å². The van der Waals surface area contributed by atoms with E-state index < -0.39 is 0 Å². The molecule has 0 radical (unpaired) electrons. The first-order valence-electron chi connectivity index (χ1n) is 7.00. The Morgan fingerprint density at radius 3 is 2.62 bits per heavy atom. The summed E-state index contributed by atoms with van der Waals surface area (Å²) in [6.45, 7) is 6.23. The van der Waals surface area contributed by atoms with Crippen molar-refractivity contribution < 1.29 is 13.9 Å². The molecule has 4 nitrogen and oxygen atoms in total. The number of hydrogen-bond donors (Lipinski definition) is 1. The molecule has 1 amide bonds. The lowest BCUT2D eigenvalue weighted by Gasteiger charge is -2.10. The van der Waals surface area contributed by atoms with Gasteiger partial charge in [-0.25, -0.2) is 0 Å². The summed E-state index contributed by atoms with van der Waals surface area (Å²) in [5.41, 5.74) is 2.88. The van der Waals surface area contributed by atoms with E-state index in [2.05, 4.69) is 11.4 Å². The molecule has 1 heterocycles. The fourth-order valence-corrected chi connectivity index (χ4v) is 2.36. The van der Waals surface area contributed by atoms with Crippen LogP contribution in [0.3, 0.4) is 0 Å². The first-order valence-corrected chi connectivity index (χ1v) is 7.00. The molecule has 0 aliphatic carbocycles. The van der Waals surface area contributed by atoms with E-state index in [1.807, 2.05) is 26.0 Å². The highest BCUT2D eigenvalue weighted by Crippen LogP contribution is 2.20. The Balaban J connectivity index is 1.97. The van der Waals surface area contributed by atoms with Crippen LogP contribution in [0.15, 0.2) is 28.7 Å². The van der Waals surface area contributed by atoms with Crippen molar-refractivity contribution in [1.29, 1.82) is 0 Å². The van der Waals surface area contributed by atoms with Crippen LogP contribution in [-0.2, 0) is 6.42 Å². The number of nitrogens with one attached hydrogen (secondary N) is 1. The Bertz CT molecular complexity index is 643. The fourth-order valence-electron chi connectivity index (χ4n) is 2.36. The minimum absolute atomic E-state index is 0.101. The van der Waals surface area contributed by atoms with Crippen LogP contribution in [0.4, 0.5) is 0 Å². The second-order valence-electron chi connectivity index (χ2n) is 5.15. The molecule has 21 heavy (non-hydrogen) atoms. The fraction of sp³-hybridized carbons (Fsp3) is 0.353. The number of amides is 1. The second kappa shape index (κ2) is 6.48. The molecule has 1 aromatic carbocycles. The number of methoxy groups -OCH3 is 1. The Labute approximate surface area is 125 Å². The average Bonchev–Trinajstić information content (AvgIpc) is 2.78. The van der Waals surface area contributed by atoms with Crippen molar-refractivity contribution in [2.45, 2.75) is 27.2 Å². The van der Waals surface area contributed by atoms with E-state index in [9.17, 15) is 4.79 Å². The molecular formula is C17H21NO3. The molecule has 0 unspecified atom stereocenters. The summed E-state index contributed by atoms with van der Waals surface area (Å²) in [5, 5.41) is 2.92. The van der Waals surface area contributed by atoms with Crippen molar-refractivity contribution in [3.63, 3.8) is 0 Å². The molecule has 0 saturated heterocycles. The number of aryl methyl sites for hydroxylation is 3. The maximum Gasteiger partial charge on any atom is 0.254 e. The van der Waals surface area contributed by atoms with E-state index in [4.69, 9.17) is 9.15 Å². The molecule has 2 rings (SSSR count). The molecule has 0 aliphatic heterocycles. The summed E-state index contributed by atoms with van der Waals surface area (Å²) in [6, 6.07) is 7.81. The van der Waals surface area contributed by atoms with Crippen LogP contribution >= 0.6 is 0 Å². The number of benzene rings is 1. The lowest BCUT2D eigenvalue weighted by atomic mass is 10.1. The molecule has 2 aromatic rings. The van der Waals surface area contributed by atoms with Crippen molar-refractivity contribution in [3.05, 3.63) is 52.5 Å². The van der Waals surface area contributed by atoms with Gasteiger partial charge in [0, 0.05) is 6.54 Å². The highest BCUT2D eigenvalue weighted by Gasteiger charge is 2.13. The smallest absolute Gasteiger partial charge is 0.254 e. The monoisotopic (exact) mass is 287 g/mol. The maximum atomic E-state index is 12.1. The minimum Gasteiger partial charge on any atom is -0.496 e. The molecule has 0 fully saturated rings. The highest BCUT2D eigenvalue weighted by molar-refractivity contribution is 5.95. The molecule has 0 atom stereocenters. The molecule has 4 heteroatoms. The van der Waals surface area contributed by atoms with Crippen molar-refractivity contribution in [2.24, 2.45) is 0 Å². The SMILES string of the molecule is COc1ccc(C)cc1CCNC(=O)c1cc(C)oc1C. The third-order valence-corrected chi connectivity index (χ3v) is 3.40. The van der Waals surface area contributed by atoms with Gasteiger partial charge in [-0.05, 0) is 44.9 Å². The zero-order chi connectivity index (χ0) is 15.4. The van der Waals surface area contributed by atoms with Crippen LogP contribution in [0.2, 0.25) is 0 Å². The predicted octanol–water partition coefficient (Wildman–Crippen LogP) is 3.19. The van der Waals surface area contributed by atoms with Crippen LogP contribution in [0, 0.1) is 20.8 Å². The first kappa shape index (κ1) is 15.2. The Morgan fingerprint density at radius 2 is 2.00 bits per heavy atom. The molecule has 0 bridgehead atoms. The average molecular weight is 287 g/mol. The minimum atomic E-state index is -0.101. The topological polar surface area (TPSA) is 51.5 Å². The van der Waals surface area contributed by atoms with E-state index in [0.717, 1.165) is 23.5 Å². The summed E-state index contributed by atoms with van der Waals surface area (Å²) < 4.78 is 10.7. The van der Waals surface area contributed by atoms with Crippen molar-refractivity contribution in [3.8, 4) is 5.75 Å². The van der Waals surface area contributed by atoms with E-state index in [0.29, 0.717) is 17.9 Å². The quantitative estimate of drug-likeness (QED) is 0.919. The van der Waals surface area contributed by atoms with Gasteiger partial charge in [-0.15, -0.1) is 0 Å². The predicted molar refractivity (Wildman–Crippen MR) is 82.0 cm³/mol. The van der Waals surface area contributed by atoms with Gasteiger partial charge in [-0.2, -0.15) is 0 Å². The highest BCUT2D eigenvalue weighted by atomic mass is 16.5. The van der Waals surface area contributed by atoms with Gasteiger partial charge < -0.3 is 14.5 Å². The van der Waals surface area contributed by atoms with Gasteiger partial charge in [0.1, 0.15) is 17.3 Å². The van der Waals surface area contributed by atoms with Crippen LogP contribution in [-0.4, -0.2) is 19.6 Å². The molecule has 1 N–H and O–H groups in total. The van der Waals surface area contributed by atoms with E-state index in [1.165, 1.54) is 5.56 Å². The molecule has 1 aromatic heterocycles. The van der Waals surface area contributed by atoms with Crippen LogP contribution in [0.25, 0.3) is 0 Å². The van der Waals surface area contributed by atoms with Crippen LogP contribution in [0.1, 0.15) is 33.0 Å². The molecule has 0 spiro atoms. The summed E-state index contributed by atoms with van der Waals surface area (Å²) in [5.74, 6) is 2.15. The molecular weight excluding hydrogens is 266 g/mol. The van der Waals surface area contributed by atoms with Gasteiger partial charge in [0.2, 0.25) is 0 Å². The Morgan fingerprint density at radius 1 is 1.24 bits per heavy atom. The number of carbonyl (C=O) groups excluding carboxylic acids is 1. The van der Waals surface area contributed by atoms with Gasteiger partial charge in [0.15, 0.2) is 0 Å². The van der Waals surface area contributed by atoms with Crippen LogP contribution < -0.4 is 10.1 Å². The van der Waals surface area contributed by atoms with Gasteiger partial charge in [-0.1, -0.05) is 17.7 Å². The summed E-state index contributed by atoms with van der Waals surface area (Å²) in [6.07, 6.45) is 0.729. The first-order chi connectivity index (χ1) is 10.0. The van der Waals surface area contributed by atoms with Gasteiger partial charge in [-0.3, -0.25) is 4.79 Å². The number of furan rings is 1. The van der Waals surface area contributed by atoms with E-state index in [1.54, 1.807) is 20.1 Å². The number of hydrogen-bond acceptors (Lipinski definition) is 3. The lowest BCUT2D eigenvalue weighted by molar-refractivity contribution is 0.0952. The summed E-state index contributed by atoms with van der Waals surface area (Å²) in [7, 11) is 1.66. The maximum absolute atomic E-state index is 12.1. The zero-order valence-electron chi connectivity index (χ0n) is 12.9. The number of carbonyl (C=O) groups is 1. The molecule has 0 aliphatic rings.